The Morgan fingerprint density at radius 1 is 1.04 bits per heavy atom. The fourth-order valence-corrected chi connectivity index (χ4v) is 2.52. The third kappa shape index (κ3) is 5.03. The van der Waals surface area contributed by atoms with Crippen LogP contribution in [0.15, 0.2) is 54.9 Å². The van der Waals surface area contributed by atoms with Crippen LogP contribution in [0.1, 0.15) is 22.6 Å². The molecule has 0 aliphatic heterocycles. The SMILES string of the molecule is Cc1ccc(OCCCOc2cnc(C(N)=O)cc2-c2ccc(F)cc2)cn1. The van der Waals surface area contributed by atoms with Crippen molar-refractivity contribution in [2.24, 2.45) is 5.73 Å². The summed E-state index contributed by atoms with van der Waals surface area (Å²) >= 11 is 0. The third-order valence-corrected chi connectivity index (χ3v) is 3.97. The molecule has 3 aromatic rings. The van der Waals surface area contributed by atoms with Crippen LogP contribution in [0.4, 0.5) is 4.39 Å². The van der Waals surface area contributed by atoms with E-state index in [9.17, 15) is 9.18 Å². The number of primary amides is 1. The van der Waals surface area contributed by atoms with Gasteiger partial charge in [-0.25, -0.2) is 9.37 Å². The lowest BCUT2D eigenvalue weighted by molar-refractivity contribution is 0.0995. The van der Waals surface area contributed by atoms with E-state index in [0.717, 1.165) is 5.69 Å². The van der Waals surface area contributed by atoms with E-state index in [2.05, 4.69) is 9.97 Å². The molecule has 7 heteroatoms. The van der Waals surface area contributed by atoms with E-state index < -0.39 is 5.91 Å². The average Bonchev–Trinajstić information content (AvgIpc) is 2.70. The van der Waals surface area contributed by atoms with Crippen LogP contribution in [-0.4, -0.2) is 29.1 Å². The number of halogens is 1. The van der Waals surface area contributed by atoms with Crippen molar-refractivity contribution in [3.05, 3.63) is 72.1 Å². The molecule has 0 unspecified atom stereocenters. The number of nitrogens with zero attached hydrogens (tertiary/aromatic N) is 2. The molecule has 0 saturated carbocycles. The fourth-order valence-electron chi connectivity index (χ4n) is 2.52. The number of rotatable bonds is 8. The molecule has 1 amide bonds. The van der Waals surface area contributed by atoms with Crippen molar-refractivity contribution in [3.63, 3.8) is 0 Å². The average molecular weight is 381 g/mol. The molecule has 28 heavy (non-hydrogen) atoms. The summed E-state index contributed by atoms with van der Waals surface area (Å²) in [6.07, 6.45) is 3.76. The van der Waals surface area contributed by atoms with Crippen LogP contribution < -0.4 is 15.2 Å². The first-order valence-corrected chi connectivity index (χ1v) is 8.77. The van der Waals surface area contributed by atoms with Crippen LogP contribution in [0.5, 0.6) is 11.5 Å². The molecular formula is C21H20FN3O3. The molecule has 0 atom stereocenters. The summed E-state index contributed by atoms with van der Waals surface area (Å²) in [5.74, 6) is 0.187. The van der Waals surface area contributed by atoms with Crippen LogP contribution in [0, 0.1) is 12.7 Å². The summed E-state index contributed by atoms with van der Waals surface area (Å²) in [4.78, 5) is 19.6. The zero-order valence-electron chi connectivity index (χ0n) is 15.4. The molecule has 0 saturated heterocycles. The van der Waals surface area contributed by atoms with Gasteiger partial charge >= 0.3 is 0 Å². The molecule has 1 aromatic carbocycles. The molecule has 0 spiro atoms. The number of hydrogen-bond acceptors (Lipinski definition) is 5. The number of nitrogens with two attached hydrogens (primary N) is 1. The zero-order valence-corrected chi connectivity index (χ0v) is 15.4. The lowest BCUT2D eigenvalue weighted by Crippen LogP contribution is -2.13. The molecule has 6 nitrogen and oxygen atoms in total. The van der Waals surface area contributed by atoms with Crippen LogP contribution >= 0.6 is 0 Å². The van der Waals surface area contributed by atoms with Crippen LogP contribution in [0.25, 0.3) is 11.1 Å². The first-order chi connectivity index (χ1) is 13.5. The monoisotopic (exact) mass is 381 g/mol. The quantitative estimate of drug-likeness (QED) is 0.603. The lowest BCUT2D eigenvalue weighted by Gasteiger charge is -2.13. The van der Waals surface area contributed by atoms with Crippen molar-refractivity contribution in [2.45, 2.75) is 13.3 Å². The molecule has 0 bridgehead atoms. The molecule has 144 valence electrons. The van der Waals surface area contributed by atoms with Gasteiger partial charge in [-0.15, -0.1) is 0 Å². The second-order valence-corrected chi connectivity index (χ2v) is 6.12. The second-order valence-electron chi connectivity index (χ2n) is 6.12. The highest BCUT2D eigenvalue weighted by Crippen LogP contribution is 2.30. The number of amides is 1. The number of aromatic nitrogens is 2. The third-order valence-electron chi connectivity index (χ3n) is 3.97. The van der Waals surface area contributed by atoms with Crippen molar-refractivity contribution < 1.29 is 18.7 Å². The summed E-state index contributed by atoms with van der Waals surface area (Å²) in [5, 5.41) is 0. The molecule has 2 heterocycles. The second kappa shape index (κ2) is 8.94. The van der Waals surface area contributed by atoms with Gasteiger partial charge in [-0.3, -0.25) is 9.78 Å². The Kier molecular flexibility index (Phi) is 6.16. The molecule has 0 aliphatic carbocycles. The van der Waals surface area contributed by atoms with Gasteiger partial charge in [0.25, 0.3) is 5.91 Å². The van der Waals surface area contributed by atoms with E-state index >= 15 is 0 Å². The summed E-state index contributed by atoms with van der Waals surface area (Å²) in [5.41, 5.74) is 7.67. The van der Waals surface area contributed by atoms with Crippen LogP contribution in [0.2, 0.25) is 0 Å². The Hall–Kier alpha value is -3.48. The Morgan fingerprint density at radius 3 is 2.46 bits per heavy atom. The van der Waals surface area contributed by atoms with Crippen molar-refractivity contribution in [1.29, 1.82) is 0 Å². The van der Waals surface area contributed by atoms with Gasteiger partial charge in [-0.05, 0) is 42.8 Å². The number of pyridine rings is 2. The zero-order chi connectivity index (χ0) is 19.9. The predicted molar refractivity (Wildman–Crippen MR) is 103 cm³/mol. The number of ether oxygens (including phenoxy) is 2. The Bertz CT molecular complexity index is 944. The molecule has 0 radical (unpaired) electrons. The number of carbonyl (C=O) groups is 1. The highest BCUT2D eigenvalue weighted by molar-refractivity contribution is 5.92. The molecule has 0 fully saturated rings. The first-order valence-electron chi connectivity index (χ1n) is 8.77. The van der Waals surface area contributed by atoms with Gasteiger partial charge in [-0.2, -0.15) is 0 Å². The molecule has 0 aliphatic rings. The van der Waals surface area contributed by atoms with Crippen molar-refractivity contribution in [1.82, 2.24) is 9.97 Å². The van der Waals surface area contributed by atoms with E-state index in [1.165, 1.54) is 18.3 Å². The van der Waals surface area contributed by atoms with Crippen molar-refractivity contribution in [2.75, 3.05) is 13.2 Å². The molecular weight excluding hydrogens is 361 g/mol. The van der Waals surface area contributed by atoms with E-state index in [4.69, 9.17) is 15.2 Å². The summed E-state index contributed by atoms with van der Waals surface area (Å²) in [6.45, 7) is 2.75. The van der Waals surface area contributed by atoms with Gasteiger partial charge < -0.3 is 15.2 Å². The van der Waals surface area contributed by atoms with E-state index in [0.29, 0.717) is 42.3 Å². The summed E-state index contributed by atoms with van der Waals surface area (Å²) < 4.78 is 24.7. The van der Waals surface area contributed by atoms with Gasteiger partial charge in [0.2, 0.25) is 0 Å². The molecule has 2 aromatic heterocycles. The molecule has 3 rings (SSSR count). The number of aryl methyl sites for hydroxylation is 1. The van der Waals surface area contributed by atoms with Gasteiger partial charge in [0.05, 0.1) is 25.6 Å². The maximum Gasteiger partial charge on any atom is 0.267 e. The minimum Gasteiger partial charge on any atom is -0.492 e. The number of carbonyl (C=O) groups excluding carboxylic acids is 1. The van der Waals surface area contributed by atoms with Gasteiger partial charge in [0.15, 0.2) is 0 Å². The van der Waals surface area contributed by atoms with Gasteiger partial charge in [0.1, 0.15) is 23.0 Å². The topological polar surface area (TPSA) is 87.3 Å². The minimum absolute atomic E-state index is 0.113. The fraction of sp³-hybridized carbons (Fsp3) is 0.190. The Morgan fingerprint density at radius 2 is 1.79 bits per heavy atom. The Labute approximate surface area is 162 Å². The number of hydrogen-bond donors (Lipinski definition) is 1. The Balaban J connectivity index is 1.64. The predicted octanol–water partition coefficient (Wildman–Crippen LogP) is 3.54. The minimum atomic E-state index is -0.644. The normalized spacial score (nSPS) is 10.5. The lowest BCUT2D eigenvalue weighted by atomic mass is 10.0. The van der Waals surface area contributed by atoms with Gasteiger partial charge in [-0.1, -0.05) is 12.1 Å². The highest BCUT2D eigenvalue weighted by atomic mass is 19.1. The maximum atomic E-state index is 13.2. The molecule has 2 N–H and O–H groups in total. The largest absolute Gasteiger partial charge is 0.492 e. The van der Waals surface area contributed by atoms with Crippen molar-refractivity contribution in [3.8, 4) is 22.6 Å². The first kappa shape index (κ1) is 19.3. The summed E-state index contributed by atoms with van der Waals surface area (Å²) in [6, 6.07) is 11.2. The van der Waals surface area contributed by atoms with E-state index in [-0.39, 0.29) is 11.5 Å². The van der Waals surface area contributed by atoms with Crippen LogP contribution in [0.3, 0.4) is 0 Å². The maximum absolute atomic E-state index is 13.2. The smallest absolute Gasteiger partial charge is 0.267 e. The number of benzene rings is 1. The van der Waals surface area contributed by atoms with Gasteiger partial charge in [0, 0.05) is 17.7 Å². The van der Waals surface area contributed by atoms with E-state index in [1.807, 2.05) is 19.1 Å². The van der Waals surface area contributed by atoms with E-state index in [1.54, 1.807) is 24.4 Å². The summed E-state index contributed by atoms with van der Waals surface area (Å²) in [7, 11) is 0. The van der Waals surface area contributed by atoms with Crippen LogP contribution in [-0.2, 0) is 0 Å². The highest BCUT2D eigenvalue weighted by Gasteiger charge is 2.12. The van der Waals surface area contributed by atoms with Crippen molar-refractivity contribution >= 4 is 5.91 Å². The standard InChI is InChI=1S/C21H20FN3O3/c1-14-3-8-17(12-24-14)27-9-2-10-28-20-13-25-19(21(23)26)11-18(20)15-4-6-16(22)7-5-15/h3-8,11-13H,2,9-10H2,1H3,(H2,23,26).